The molecule has 0 fully saturated rings. The van der Waals surface area contributed by atoms with Crippen molar-refractivity contribution in [1.29, 1.82) is 0 Å². The molecule has 0 saturated heterocycles. The van der Waals surface area contributed by atoms with Crippen LogP contribution in [0.3, 0.4) is 0 Å². The zero-order valence-corrected chi connectivity index (χ0v) is 10.3. The Morgan fingerprint density at radius 2 is 2.19 bits per heavy atom. The van der Waals surface area contributed by atoms with E-state index in [1.807, 2.05) is 12.3 Å². The minimum Gasteiger partial charge on any atom is -0.466 e. The van der Waals surface area contributed by atoms with Crippen molar-refractivity contribution in [2.45, 2.75) is 33.1 Å². The van der Waals surface area contributed by atoms with Gasteiger partial charge in [0.05, 0.1) is 23.7 Å². The van der Waals surface area contributed by atoms with Gasteiger partial charge in [0.1, 0.15) is 5.78 Å². The number of Topliss-reactive ketones (excluding diaryl/α,β-unsaturated/α-hetero) is 1. The van der Waals surface area contributed by atoms with E-state index >= 15 is 0 Å². The first-order valence-corrected chi connectivity index (χ1v) is 6.08. The predicted octanol–water partition coefficient (Wildman–Crippen LogP) is 1.91. The fourth-order valence-corrected chi connectivity index (χ4v) is 1.87. The molecule has 88 valence electrons. The molecule has 0 aliphatic carbocycles. The van der Waals surface area contributed by atoms with Gasteiger partial charge in [-0.15, -0.1) is 11.3 Å². The molecule has 0 radical (unpaired) electrons. The van der Waals surface area contributed by atoms with Crippen LogP contribution in [0.25, 0.3) is 0 Å². The fourth-order valence-electron chi connectivity index (χ4n) is 1.25. The van der Waals surface area contributed by atoms with Gasteiger partial charge in [0.2, 0.25) is 0 Å². The molecule has 5 heteroatoms. The van der Waals surface area contributed by atoms with E-state index in [-0.39, 0.29) is 24.6 Å². The van der Waals surface area contributed by atoms with Crippen molar-refractivity contribution in [3.63, 3.8) is 0 Å². The minimum atomic E-state index is -0.315. The van der Waals surface area contributed by atoms with E-state index in [1.165, 1.54) is 11.3 Å². The molecule has 0 saturated carbocycles. The minimum absolute atomic E-state index is 0.0263. The van der Waals surface area contributed by atoms with Crippen molar-refractivity contribution >= 4 is 23.1 Å². The molecule has 1 aromatic rings. The number of rotatable bonds is 6. The number of esters is 1. The highest BCUT2D eigenvalue weighted by Crippen LogP contribution is 2.09. The maximum absolute atomic E-state index is 11.5. The van der Waals surface area contributed by atoms with Crippen molar-refractivity contribution in [3.05, 3.63) is 16.1 Å². The topological polar surface area (TPSA) is 56.3 Å². The Balaban J connectivity index is 2.28. The largest absolute Gasteiger partial charge is 0.466 e. The highest BCUT2D eigenvalue weighted by molar-refractivity contribution is 7.09. The highest BCUT2D eigenvalue weighted by Gasteiger charge is 2.09. The molecule has 0 spiro atoms. The monoisotopic (exact) mass is 241 g/mol. The number of aryl methyl sites for hydroxylation is 1. The lowest BCUT2D eigenvalue weighted by Gasteiger charge is -2.00. The van der Waals surface area contributed by atoms with Gasteiger partial charge in [0.25, 0.3) is 0 Å². The molecule has 16 heavy (non-hydrogen) atoms. The summed E-state index contributed by atoms with van der Waals surface area (Å²) in [5.74, 6) is -0.288. The van der Waals surface area contributed by atoms with Crippen LogP contribution in [0.4, 0.5) is 0 Å². The van der Waals surface area contributed by atoms with Crippen LogP contribution in [-0.2, 0) is 20.7 Å². The van der Waals surface area contributed by atoms with Crippen molar-refractivity contribution < 1.29 is 14.3 Å². The molecule has 0 atom stereocenters. The Kier molecular flexibility index (Phi) is 5.11. The van der Waals surface area contributed by atoms with Crippen molar-refractivity contribution in [2.24, 2.45) is 0 Å². The van der Waals surface area contributed by atoms with Crippen molar-refractivity contribution in [1.82, 2.24) is 4.98 Å². The standard InChI is InChI=1S/C11H15NO3S/c1-3-15-11(14)5-4-10(13)6-9-7-16-8(2)12-9/h7H,3-6H2,1-2H3. The number of hydrogen-bond acceptors (Lipinski definition) is 5. The zero-order valence-electron chi connectivity index (χ0n) is 9.49. The van der Waals surface area contributed by atoms with E-state index in [0.29, 0.717) is 13.0 Å². The van der Waals surface area contributed by atoms with Gasteiger partial charge < -0.3 is 4.74 Å². The molecule has 0 bridgehead atoms. The Bertz CT molecular complexity index is 373. The number of carbonyl (C=O) groups is 2. The fraction of sp³-hybridized carbons (Fsp3) is 0.545. The lowest BCUT2D eigenvalue weighted by Crippen LogP contribution is -2.09. The van der Waals surface area contributed by atoms with Gasteiger partial charge in [-0.25, -0.2) is 4.98 Å². The Hall–Kier alpha value is -1.23. The van der Waals surface area contributed by atoms with E-state index < -0.39 is 0 Å². The molecule has 0 N–H and O–H groups in total. The smallest absolute Gasteiger partial charge is 0.306 e. The summed E-state index contributed by atoms with van der Waals surface area (Å²) in [7, 11) is 0. The molecule has 0 unspecified atom stereocenters. The number of ketones is 1. The third kappa shape index (κ3) is 4.53. The Labute approximate surface area is 98.6 Å². The van der Waals surface area contributed by atoms with E-state index in [4.69, 9.17) is 4.74 Å². The second-order valence-electron chi connectivity index (χ2n) is 3.38. The van der Waals surface area contributed by atoms with Crippen LogP contribution in [0.1, 0.15) is 30.5 Å². The van der Waals surface area contributed by atoms with Crippen LogP contribution in [0.2, 0.25) is 0 Å². The molecule has 1 rings (SSSR count). The van der Waals surface area contributed by atoms with E-state index in [9.17, 15) is 9.59 Å². The van der Waals surface area contributed by atoms with E-state index in [1.54, 1.807) is 6.92 Å². The summed E-state index contributed by atoms with van der Waals surface area (Å²) in [6.45, 7) is 4.01. The average Bonchev–Trinajstić information content (AvgIpc) is 2.61. The molecular weight excluding hydrogens is 226 g/mol. The van der Waals surface area contributed by atoms with Gasteiger partial charge in [-0.2, -0.15) is 0 Å². The van der Waals surface area contributed by atoms with E-state index in [0.717, 1.165) is 10.7 Å². The number of aromatic nitrogens is 1. The first-order valence-electron chi connectivity index (χ1n) is 5.20. The lowest BCUT2D eigenvalue weighted by atomic mass is 10.1. The van der Waals surface area contributed by atoms with Crippen molar-refractivity contribution in [2.75, 3.05) is 6.61 Å². The summed E-state index contributed by atoms with van der Waals surface area (Å²) in [6, 6.07) is 0. The summed E-state index contributed by atoms with van der Waals surface area (Å²) in [4.78, 5) is 26.7. The summed E-state index contributed by atoms with van der Waals surface area (Å²) in [5, 5.41) is 2.82. The molecular formula is C11H15NO3S. The number of ether oxygens (including phenoxy) is 1. The molecule has 0 aliphatic rings. The third-order valence-electron chi connectivity index (χ3n) is 1.96. The molecule has 1 aromatic heterocycles. The maximum atomic E-state index is 11.5. The van der Waals surface area contributed by atoms with Crippen LogP contribution in [0, 0.1) is 6.92 Å². The van der Waals surface area contributed by atoms with Gasteiger partial charge in [-0.05, 0) is 13.8 Å². The van der Waals surface area contributed by atoms with Crippen LogP contribution < -0.4 is 0 Å². The van der Waals surface area contributed by atoms with Gasteiger partial charge in [-0.3, -0.25) is 9.59 Å². The van der Waals surface area contributed by atoms with Crippen molar-refractivity contribution in [3.8, 4) is 0 Å². The zero-order chi connectivity index (χ0) is 12.0. The number of carbonyl (C=O) groups excluding carboxylic acids is 2. The predicted molar refractivity (Wildman–Crippen MR) is 61.4 cm³/mol. The molecule has 0 aromatic carbocycles. The van der Waals surface area contributed by atoms with Crippen LogP contribution in [-0.4, -0.2) is 23.3 Å². The second kappa shape index (κ2) is 6.37. The number of thiazole rings is 1. The molecule has 0 amide bonds. The van der Waals surface area contributed by atoms with Crippen LogP contribution in [0.5, 0.6) is 0 Å². The Morgan fingerprint density at radius 3 is 2.75 bits per heavy atom. The summed E-state index contributed by atoms with van der Waals surface area (Å²) < 4.78 is 4.74. The second-order valence-corrected chi connectivity index (χ2v) is 4.44. The van der Waals surface area contributed by atoms with Gasteiger partial charge >= 0.3 is 5.97 Å². The SMILES string of the molecule is CCOC(=O)CCC(=O)Cc1csc(C)n1. The molecule has 1 heterocycles. The number of nitrogens with zero attached hydrogens (tertiary/aromatic N) is 1. The molecule has 0 aliphatic heterocycles. The first-order chi connectivity index (χ1) is 7.61. The van der Waals surface area contributed by atoms with Gasteiger partial charge in [0, 0.05) is 18.2 Å². The normalized spacial score (nSPS) is 10.1. The third-order valence-corrected chi connectivity index (χ3v) is 2.78. The summed E-state index contributed by atoms with van der Waals surface area (Å²) >= 11 is 1.52. The quantitative estimate of drug-likeness (QED) is 0.714. The van der Waals surface area contributed by atoms with Crippen LogP contribution in [0.15, 0.2) is 5.38 Å². The lowest BCUT2D eigenvalue weighted by molar-refractivity contribution is -0.144. The molecule has 4 nitrogen and oxygen atoms in total. The van der Waals surface area contributed by atoms with Crippen LogP contribution >= 0.6 is 11.3 Å². The first kappa shape index (κ1) is 12.8. The Morgan fingerprint density at radius 1 is 1.44 bits per heavy atom. The highest BCUT2D eigenvalue weighted by atomic mass is 32.1. The number of hydrogen-bond donors (Lipinski definition) is 0. The average molecular weight is 241 g/mol. The van der Waals surface area contributed by atoms with Gasteiger partial charge in [-0.1, -0.05) is 0 Å². The van der Waals surface area contributed by atoms with E-state index in [2.05, 4.69) is 4.98 Å². The summed E-state index contributed by atoms with van der Waals surface area (Å²) in [6.07, 6.45) is 0.703. The summed E-state index contributed by atoms with van der Waals surface area (Å²) in [5.41, 5.74) is 0.788. The maximum Gasteiger partial charge on any atom is 0.306 e. The van der Waals surface area contributed by atoms with Gasteiger partial charge in [0.15, 0.2) is 0 Å².